The van der Waals surface area contributed by atoms with Crippen molar-refractivity contribution in [2.24, 2.45) is 5.92 Å². The molecule has 0 spiro atoms. The Hall–Kier alpha value is 0.110. The van der Waals surface area contributed by atoms with Crippen LogP contribution in [0.5, 0.6) is 0 Å². The summed E-state index contributed by atoms with van der Waals surface area (Å²) in [7, 11) is 0. The van der Waals surface area contributed by atoms with E-state index < -0.39 is 0 Å². The van der Waals surface area contributed by atoms with Crippen molar-refractivity contribution < 1.29 is 0 Å². The van der Waals surface area contributed by atoms with Crippen LogP contribution in [-0.4, -0.2) is 18.1 Å². The highest BCUT2D eigenvalue weighted by atomic mass is 35.5. The second-order valence-corrected chi connectivity index (χ2v) is 6.74. The summed E-state index contributed by atoms with van der Waals surface area (Å²) in [6.07, 6.45) is 2.41. The SMILES string of the molecule is CCC(NCC1CCSC1)c1ccc(Cl)c(Cl)c1. The van der Waals surface area contributed by atoms with Crippen LogP contribution in [0.3, 0.4) is 0 Å². The molecule has 2 unspecified atom stereocenters. The van der Waals surface area contributed by atoms with Crippen molar-refractivity contribution in [2.45, 2.75) is 25.8 Å². The first kappa shape index (κ1) is 14.5. The Morgan fingerprint density at radius 2 is 2.22 bits per heavy atom. The van der Waals surface area contributed by atoms with E-state index >= 15 is 0 Å². The maximum absolute atomic E-state index is 6.08. The average Bonchev–Trinajstić information content (AvgIpc) is 2.87. The normalized spacial score (nSPS) is 21.2. The highest BCUT2D eigenvalue weighted by Crippen LogP contribution is 2.28. The molecule has 1 aromatic rings. The molecule has 0 radical (unpaired) electrons. The van der Waals surface area contributed by atoms with E-state index in [1.807, 2.05) is 12.1 Å². The smallest absolute Gasteiger partial charge is 0.0595 e. The zero-order valence-electron chi connectivity index (χ0n) is 10.6. The predicted octanol–water partition coefficient (Wildman–Crippen LogP) is 4.79. The topological polar surface area (TPSA) is 12.0 Å². The fraction of sp³-hybridized carbons (Fsp3) is 0.571. The van der Waals surface area contributed by atoms with Gasteiger partial charge in [0.2, 0.25) is 0 Å². The lowest BCUT2D eigenvalue weighted by Crippen LogP contribution is -2.27. The largest absolute Gasteiger partial charge is 0.310 e. The molecule has 18 heavy (non-hydrogen) atoms. The summed E-state index contributed by atoms with van der Waals surface area (Å²) in [5, 5.41) is 4.93. The molecule has 1 heterocycles. The van der Waals surface area contributed by atoms with Gasteiger partial charge in [-0.1, -0.05) is 36.2 Å². The molecule has 0 saturated carbocycles. The molecule has 0 aromatic heterocycles. The fourth-order valence-corrected chi connectivity index (χ4v) is 3.87. The van der Waals surface area contributed by atoms with E-state index in [-0.39, 0.29) is 0 Å². The lowest BCUT2D eigenvalue weighted by Gasteiger charge is -2.20. The standard InChI is InChI=1S/C14H19Cl2NS/c1-2-14(17-8-10-5-6-18-9-10)11-3-4-12(15)13(16)7-11/h3-4,7,10,14,17H,2,5-6,8-9H2,1H3. The van der Waals surface area contributed by atoms with E-state index in [9.17, 15) is 0 Å². The Labute approximate surface area is 124 Å². The van der Waals surface area contributed by atoms with Gasteiger partial charge in [-0.15, -0.1) is 0 Å². The zero-order valence-corrected chi connectivity index (χ0v) is 12.9. The van der Waals surface area contributed by atoms with Crippen LogP contribution in [0.25, 0.3) is 0 Å². The number of halogens is 2. The Morgan fingerprint density at radius 1 is 1.39 bits per heavy atom. The maximum Gasteiger partial charge on any atom is 0.0595 e. The third kappa shape index (κ3) is 3.80. The number of hydrogen-bond acceptors (Lipinski definition) is 2. The summed E-state index contributed by atoms with van der Waals surface area (Å²) in [5.74, 6) is 3.44. The van der Waals surface area contributed by atoms with Gasteiger partial charge in [0.1, 0.15) is 0 Å². The average molecular weight is 304 g/mol. The van der Waals surface area contributed by atoms with Crippen molar-refractivity contribution in [2.75, 3.05) is 18.1 Å². The lowest BCUT2D eigenvalue weighted by atomic mass is 10.0. The Balaban J connectivity index is 1.96. The van der Waals surface area contributed by atoms with Crippen molar-refractivity contribution in [1.82, 2.24) is 5.32 Å². The van der Waals surface area contributed by atoms with Gasteiger partial charge in [-0.05, 0) is 54.5 Å². The lowest BCUT2D eigenvalue weighted by molar-refractivity contribution is 0.451. The van der Waals surface area contributed by atoms with Gasteiger partial charge in [0.15, 0.2) is 0 Å². The molecule has 2 rings (SSSR count). The zero-order chi connectivity index (χ0) is 13.0. The van der Waals surface area contributed by atoms with Crippen molar-refractivity contribution in [1.29, 1.82) is 0 Å². The van der Waals surface area contributed by atoms with Gasteiger partial charge in [0.05, 0.1) is 10.0 Å². The number of benzene rings is 1. The minimum Gasteiger partial charge on any atom is -0.310 e. The molecule has 1 N–H and O–H groups in total. The quantitative estimate of drug-likeness (QED) is 0.839. The van der Waals surface area contributed by atoms with E-state index in [4.69, 9.17) is 23.2 Å². The predicted molar refractivity (Wildman–Crippen MR) is 82.9 cm³/mol. The summed E-state index contributed by atoms with van der Waals surface area (Å²) >= 11 is 14.1. The van der Waals surface area contributed by atoms with Gasteiger partial charge in [-0.2, -0.15) is 11.8 Å². The van der Waals surface area contributed by atoms with Crippen molar-refractivity contribution in [3.8, 4) is 0 Å². The Kier molecular flexibility index (Phi) is 5.68. The van der Waals surface area contributed by atoms with E-state index in [0.717, 1.165) is 18.9 Å². The second-order valence-electron chi connectivity index (χ2n) is 4.77. The van der Waals surface area contributed by atoms with E-state index in [1.165, 1.54) is 23.5 Å². The van der Waals surface area contributed by atoms with Gasteiger partial charge in [0, 0.05) is 6.04 Å². The molecule has 1 aliphatic heterocycles. The van der Waals surface area contributed by atoms with Gasteiger partial charge in [0.25, 0.3) is 0 Å². The number of thioether (sulfide) groups is 1. The molecule has 0 bridgehead atoms. The van der Waals surface area contributed by atoms with Crippen molar-refractivity contribution in [3.05, 3.63) is 33.8 Å². The first-order chi connectivity index (χ1) is 8.70. The van der Waals surface area contributed by atoms with E-state index in [2.05, 4.69) is 30.1 Å². The van der Waals surface area contributed by atoms with Crippen LogP contribution in [0.2, 0.25) is 10.0 Å². The highest BCUT2D eigenvalue weighted by Gasteiger charge is 2.17. The van der Waals surface area contributed by atoms with Crippen LogP contribution in [0.4, 0.5) is 0 Å². The molecule has 0 amide bonds. The molecule has 100 valence electrons. The molecule has 2 atom stereocenters. The molecule has 0 aliphatic carbocycles. The Bertz CT molecular complexity index is 391. The minimum atomic E-state index is 0.380. The van der Waals surface area contributed by atoms with E-state index in [1.54, 1.807) is 0 Å². The van der Waals surface area contributed by atoms with Crippen LogP contribution in [0.1, 0.15) is 31.4 Å². The molecule has 1 saturated heterocycles. The van der Waals surface area contributed by atoms with Gasteiger partial charge in [-0.3, -0.25) is 0 Å². The molecular formula is C14H19Cl2NS. The monoisotopic (exact) mass is 303 g/mol. The molecule has 1 fully saturated rings. The van der Waals surface area contributed by atoms with Crippen LogP contribution in [0, 0.1) is 5.92 Å². The second kappa shape index (κ2) is 7.04. The number of rotatable bonds is 5. The van der Waals surface area contributed by atoms with Gasteiger partial charge in [-0.25, -0.2) is 0 Å². The molecule has 1 aromatic carbocycles. The third-order valence-corrected chi connectivity index (χ3v) is 5.40. The number of nitrogens with one attached hydrogen (secondary N) is 1. The molecule has 1 aliphatic rings. The summed E-state index contributed by atoms with van der Waals surface area (Å²) in [6, 6.07) is 6.31. The summed E-state index contributed by atoms with van der Waals surface area (Å²) in [4.78, 5) is 0. The first-order valence-electron chi connectivity index (χ1n) is 6.46. The molecule has 4 heteroatoms. The van der Waals surface area contributed by atoms with Gasteiger partial charge >= 0.3 is 0 Å². The van der Waals surface area contributed by atoms with E-state index in [0.29, 0.717) is 16.1 Å². The van der Waals surface area contributed by atoms with Gasteiger partial charge < -0.3 is 5.32 Å². The summed E-state index contributed by atoms with van der Waals surface area (Å²) in [5.41, 5.74) is 1.23. The van der Waals surface area contributed by atoms with Crippen LogP contribution >= 0.6 is 35.0 Å². The van der Waals surface area contributed by atoms with Crippen molar-refractivity contribution >= 4 is 35.0 Å². The van der Waals surface area contributed by atoms with Crippen molar-refractivity contribution in [3.63, 3.8) is 0 Å². The number of hydrogen-bond donors (Lipinski definition) is 1. The third-order valence-electron chi connectivity index (χ3n) is 3.43. The maximum atomic E-state index is 6.08. The Morgan fingerprint density at radius 3 is 2.83 bits per heavy atom. The van der Waals surface area contributed by atoms with Crippen LogP contribution in [0.15, 0.2) is 18.2 Å². The van der Waals surface area contributed by atoms with Crippen LogP contribution in [-0.2, 0) is 0 Å². The highest BCUT2D eigenvalue weighted by molar-refractivity contribution is 7.99. The minimum absolute atomic E-state index is 0.380. The molecular weight excluding hydrogens is 285 g/mol. The first-order valence-corrected chi connectivity index (χ1v) is 8.37. The summed E-state index contributed by atoms with van der Waals surface area (Å²) < 4.78 is 0. The fourth-order valence-electron chi connectivity index (χ4n) is 2.28. The molecule has 1 nitrogen and oxygen atoms in total. The summed E-state index contributed by atoms with van der Waals surface area (Å²) in [6.45, 7) is 3.30. The van der Waals surface area contributed by atoms with Crippen LogP contribution < -0.4 is 5.32 Å².